The summed E-state index contributed by atoms with van der Waals surface area (Å²) in [6, 6.07) is 9.33. The highest BCUT2D eigenvalue weighted by atomic mass is 32.2. The Balaban J connectivity index is 1.54. The number of ketones is 1. The van der Waals surface area contributed by atoms with Gasteiger partial charge in [-0.05, 0) is 61.3 Å². The largest absolute Gasteiger partial charge is 0.481 e. The van der Waals surface area contributed by atoms with Crippen LogP contribution in [0.2, 0.25) is 0 Å². The Morgan fingerprint density at radius 3 is 2.60 bits per heavy atom. The van der Waals surface area contributed by atoms with Gasteiger partial charge in [-0.1, -0.05) is 73.7 Å². The van der Waals surface area contributed by atoms with Crippen molar-refractivity contribution in [2.24, 2.45) is 28.6 Å². The van der Waals surface area contributed by atoms with Crippen LogP contribution < -0.4 is 0 Å². The molecule has 186 valence electrons. The van der Waals surface area contributed by atoms with E-state index < -0.39 is 17.0 Å². The van der Waals surface area contributed by atoms with Crippen LogP contribution in [0.3, 0.4) is 0 Å². The maximum atomic E-state index is 13.3. The van der Waals surface area contributed by atoms with E-state index >= 15 is 0 Å². The van der Waals surface area contributed by atoms with Crippen molar-refractivity contribution in [3.05, 3.63) is 59.7 Å². The zero-order valence-corrected chi connectivity index (χ0v) is 21.2. The van der Waals surface area contributed by atoms with E-state index in [0.717, 1.165) is 18.4 Å². The summed E-state index contributed by atoms with van der Waals surface area (Å²) in [6.45, 7) is 4.35. The molecule has 2 saturated carbocycles. The summed E-state index contributed by atoms with van der Waals surface area (Å²) in [5.74, 6) is -0.235. The van der Waals surface area contributed by atoms with Crippen LogP contribution in [0.15, 0.2) is 54.1 Å². The topological polar surface area (TPSA) is 91.7 Å². The van der Waals surface area contributed by atoms with Gasteiger partial charge in [-0.3, -0.25) is 14.4 Å². The van der Waals surface area contributed by atoms with Crippen LogP contribution >= 0.6 is 11.8 Å². The van der Waals surface area contributed by atoms with Crippen molar-refractivity contribution >= 4 is 28.6 Å². The standard InChI is InChI=1S/C29H34O5S/c1-27-12-8-20(30)16-19(27)17-23(35-26(33)18-6-4-3-5-7-18)25-21(27)9-13-28(2)22(25)10-14-29(28,34)15-11-24(31)32/h3-7,9,13,16,21-23,25,34H,8,10-12,14-15,17H2,1-2H3,(H,31,32)/t21-,22-,23?,25+,27-,28-,29-/m0/s1. The zero-order valence-electron chi connectivity index (χ0n) is 20.4. The Hall–Kier alpha value is -2.18. The lowest BCUT2D eigenvalue weighted by molar-refractivity contribution is -0.140. The lowest BCUT2D eigenvalue weighted by Crippen LogP contribution is -2.55. The Kier molecular flexibility index (Phi) is 6.12. The SMILES string of the molecule is C[C@]12CCC(=O)C=C1CC(SC(=O)c1ccccc1)[C@@H]1[C@@H]2C=C[C@@]2(C)[C@H]1CC[C@]2(O)CCC(=O)O. The lowest BCUT2D eigenvalue weighted by Gasteiger charge is -2.58. The van der Waals surface area contributed by atoms with Crippen molar-refractivity contribution in [1.82, 2.24) is 0 Å². The smallest absolute Gasteiger partial charge is 0.303 e. The van der Waals surface area contributed by atoms with Crippen LogP contribution in [0, 0.1) is 28.6 Å². The van der Waals surface area contributed by atoms with Crippen LogP contribution in [0.1, 0.15) is 69.2 Å². The van der Waals surface area contributed by atoms with E-state index in [1.54, 1.807) is 0 Å². The summed E-state index contributed by atoms with van der Waals surface area (Å²) < 4.78 is 0. The Labute approximate surface area is 211 Å². The fourth-order valence-corrected chi connectivity index (χ4v) is 8.92. The number of carbonyl (C=O) groups excluding carboxylic acids is 2. The van der Waals surface area contributed by atoms with Crippen molar-refractivity contribution < 1.29 is 24.6 Å². The first kappa shape index (κ1) is 24.5. The second-order valence-corrected chi connectivity index (χ2v) is 12.6. The maximum Gasteiger partial charge on any atom is 0.303 e. The van der Waals surface area contributed by atoms with Gasteiger partial charge in [-0.25, -0.2) is 0 Å². The molecule has 0 aliphatic heterocycles. The molecule has 0 bridgehead atoms. The fraction of sp³-hybridized carbons (Fsp3) is 0.552. The molecule has 4 aliphatic rings. The third-order valence-electron chi connectivity index (χ3n) is 9.74. The lowest BCUT2D eigenvalue weighted by atomic mass is 9.48. The number of allylic oxidation sites excluding steroid dienone is 3. The highest BCUT2D eigenvalue weighted by molar-refractivity contribution is 8.14. The molecule has 2 fully saturated rings. The quantitative estimate of drug-likeness (QED) is 0.530. The molecular formula is C29H34O5S. The predicted molar refractivity (Wildman–Crippen MR) is 136 cm³/mol. The molecule has 6 heteroatoms. The molecule has 0 heterocycles. The monoisotopic (exact) mass is 494 g/mol. The van der Waals surface area contributed by atoms with Crippen LogP contribution in [-0.2, 0) is 9.59 Å². The number of carbonyl (C=O) groups is 3. The third-order valence-corrected chi connectivity index (χ3v) is 11.0. The molecule has 1 aromatic carbocycles. The van der Waals surface area contributed by atoms with Gasteiger partial charge in [-0.2, -0.15) is 0 Å². The number of carboxylic acids is 1. The minimum atomic E-state index is -1.07. The van der Waals surface area contributed by atoms with Crippen LogP contribution in [-0.4, -0.2) is 37.9 Å². The number of hydrogen-bond acceptors (Lipinski definition) is 5. The molecule has 0 amide bonds. The average molecular weight is 495 g/mol. The Morgan fingerprint density at radius 2 is 1.89 bits per heavy atom. The van der Waals surface area contributed by atoms with Crippen molar-refractivity contribution in [2.45, 2.75) is 69.6 Å². The number of hydrogen-bond donors (Lipinski definition) is 2. The van der Waals surface area contributed by atoms with Gasteiger partial charge in [-0.15, -0.1) is 0 Å². The van der Waals surface area contributed by atoms with Gasteiger partial charge in [0.1, 0.15) is 0 Å². The number of benzene rings is 1. The molecule has 0 aromatic heterocycles. The summed E-state index contributed by atoms with van der Waals surface area (Å²) in [7, 11) is 0. The molecule has 0 spiro atoms. The predicted octanol–water partition coefficient (Wildman–Crippen LogP) is 5.44. The van der Waals surface area contributed by atoms with Gasteiger partial charge in [0.15, 0.2) is 5.78 Å². The van der Waals surface area contributed by atoms with Gasteiger partial charge in [0, 0.05) is 29.1 Å². The summed E-state index contributed by atoms with van der Waals surface area (Å²) in [4.78, 5) is 37.0. The number of carboxylic acid groups (broad SMARTS) is 1. The van der Waals surface area contributed by atoms with Crippen LogP contribution in [0.4, 0.5) is 0 Å². The maximum absolute atomic E-state index is 13.3. The highest BCUT2D eigenvalue weighted by Gasteiger charge is 2.64. The fourth-order valence-electron chi connectivity index (χ4n) is 7.60. The summed E-state index contributed by atoms with van der Waals surface area (Å²) >= 11 is 1.38. The van der Waals surface area contributed by atoms with E-state index in [1.165, 1.54) is 11.8 Å². The minimum Gasteiger partial charge on any atom is -0.481 e. The summed E-state index contributed by atoms with van der Waals surface area (Å²) in [5, 5.41) is 21.0. The van der Waals surface area contributed by atoms with Gasteiger partial charge in [0.25, 0.3) is 0 Å². The molecule has 5 rings (SSSR count). The van der Waals surface area contributed by atoms with Gasteiger partial charge in [0.05, 0.1) is 5.60 Å². The van der Waals surface area contributed by atoms with Crippen molar-refractivity contribution in [3.8, 4) is 0 Å². The van der Waals surface area contributed by atoms with Crippen molar-refractivity contribution in [3.63, 3.8) is 0 Å². The average Bonchev–Trinajstić information content (AvgIpc) is 3.10. The van der Waals surface area contributed by atoms with E-state index in [4.69, 9.17) is 0 Å². The van der Waals surface area contributed by atoms with E-state index in [9.17, 15) is 24.6 Å². The molecule has 35 heavy (non-hydrogen) atoms. The number of thioether (sulfide) groups is 1. The van der Waals surface area contributed by atoms with Crippen molar-refractivity contribution in [2.75, 3.05) is 0 Å². The van der Waals surface area contributed by atoms with E-state index in [-0.39, 0.29) is 52.2 Å². The molecule has 2 N–H and O–H groups in total. The van der Waals surface area contributed by atoms with Crippen LogP contribution in [0.25, 0.3) is 0 Å². The van der Waals surface area contributed by atoms with Crippen molar-refractivity contribution in [1.29, 1.82) is 0 Å². The van der Waals surface area contributed by atoms with Gasteiger partial charge in [0.2, 0.25) is 5.12 Å². The first-order valence-electron chi connectivity index (χ1n) is 12.7. The molecule has 5 nitrogen and oxygen atoms in total. The highest BCUT2D eigenvalue weighted by Crippen LogP contribution is 2.67. The number of aliphatic carboxylic acids is 1. The Bertz CT molecular complexity index is 1110. The minimum absolute atomic E-state index is 0.00553. The molecule has 4 aliphatic carbocycles. The van der Waals surface area contributed by atoms with E-state index in [1.807, 2.05) is 36.4 Å². The van der Waals surface area contributed by atoms with E-state index in [0.29, 0.717) is 24.8 Å². The summed E-state index contributed by atoms with van der Waals surface area (Å²) in [5.41, 5.74) is 0.0801. The molecular weight excluding hydrogens is 460 g/mol. The van der Waals surface area contributed by atoms with Gasteiger partial charge < -0.3 is 10.2 Å². The molecule has 1 aromatic rings. The third kappa shape index (κ3) is 3.93. The zero-order chi connectivity index (χ0) is 25.0. The number of rotatable bonds is 5. The van der Waals surface area contributed by atoms with Crippen LogP contribution in [0.5, 0.6) is 0 Å². The van der Waals surface area contributed by atoms with E-state index in [2.05, 4.69) is 26.0 Å². The molecule has 1 unspecified atom stereocenters. The normalized spacial score (nSPS) is 39.9. The first-order chi connectivity index (χ1) is 16.6. The second kappa shape index (κ2) is 8.74. The second-order valence-electron chi connectivity index (χ2n) is 11.4. The summed E-state index contributed by atoms with van der Waals surface area (Å²) in [6.07, 6.45) is 9.82. The first-order valence-corrected chi connectivity index (χ1v) is 13.6. The molecule has 0 radical (unpaired) electrons. The Morgan fingerprint density at radius 1 is 1.14 bits per heavy atom. The van der Waals surface area contributed by atoms with Gasteiger partial charge >= 0.3 is 5.97 Å². The molecule has 0 saturated heterocycles. The number of fused-ring (bicyclic) bond motifs is 5. The molecule has 7 atom stereocenters. The number of aliphatic hydroxyl groups is 1.